The molecule has 0 bridgehead atoms. The van der Waals surface area contributed by atoms with E-state index in [1.54, 1.807) is 0 Å². The Bertz CT molecular complexity index is 3510. The zero-order valence-electron chi connectivity index (χ0n) is 31.7. The highest BCUT2D eigenvalue weighted by Crippen LogP contribution is 2.58. The molecule has 2 heteroatoms. The normalized spacial score (nSPS) is 13.6. The van der Waals surface area contributed by atoms with Gasteiger partial charge < -0.3 is 9.13 Å². The lowest BCUT2D eigenvalue weighted by Crippen LogP contribution is -2.16. The Morgan fingerprint density at radius 2 is 0.912 bits per heavy atom. The predicted molar refractivity (Wildman–Crippen MR) is 240 cm³/mol. The molecule has 57 heavy (non-hydrogen) atoms. The Morgan fingerprint density at radius 1 is 0.368 bits per heavy atom. The molecule has 2 aliphatic rings. The Morgan fingerprint density at radius 3 is 1.68 bits per heavy atom. The smallest absolute Gasteiger partial charge is 0.0647 e. The van der Waals surface area contributed by atoms with E-state index in [0.717, 1.165) is 0 Å². The summed E-state index contributed by atoms with van der Waals surface area (Å²) in [7, 11) is 0. The molecule has 0 unspecified atom stereocenters. The summed E-state index contributed by atoms with van der Waals surface area (Å²) in [6.07, 6.45) is 0. The molecule has 9 aromatic carbocycles. The number of rotatable bonds is 3. The second-order valence-electron chi connectivity index (χ2n) is 16.4. The summed E-state index contributed by atoms with van der Waals surface area (Å²) in [5.74, 6) is 0. The first-order valence-electron chi connectivity index (χ1n) is 20.0. The molecule has 0 saturated heterocycles. The van der Waals surface area contributed by atoms with Crippen molar-refractivity contribution in [3.8, 4) is 55.9 Å². The third-order valence-corrected chi connectivity index (χ3v) is 13.2. The highest BCUT2D eigenvalue weighted by Gasteiger charge is 2.41. The second-order valence-corrected chi connectivity index (χ2v) is 16.4. The third-order valence-electron chi connectivity index (χ3n) is 13.2. The molecule has 0 saturated carbocycles. The molecule has 2 aliphatic carbocycles. The van der Waals surface area contributed by atoms with E-state index in [1.165, 1.54) is 121 Å². The predicted octanol–water partition coefficient (Wildman–Crippen LogP) is 14.7. The third kappa shape index (κ3) is 3.90. The number of hydrogen-bond acceptors (Lipinski definition) is 0. The average molecular weight is 725 g/mol. The molecule has 2 aromatic heterocycles. The molecule has 2 nitrogen and oxygen atoms in total. The van der Waals surface area contributed by atoms with Crippen LogP contribution in [0.3, 0.4) is 0 Å². The number of aromatic nitrogens is 2. The van der Waals surface area contributed by atoms with Crippen molar-refractivity contribution in [1.82, 2.24) is 9.13 Å². The first kappa shape index (κ1) is 31.1. The quantitative estimate of drug-likeness (QED) is 0.172. The topological polar surface area (TPSA) is 9.86 Å². The zero-order chi connectivity index (χ0) is 37.6. The minimum atomic E-state index is -0.245. The van der Waals surface area contributed by atoms with Crippen molar-refractivity contribution in [3.05, 3.63) is 193 Å². The van der Waals surface area contributed by atoms with E-state index in [1.807, 2.05) is 0 Å². The van der Waals surface area contributed by atoms with Crippen LogP contribution in [0.5, 0.6) is 0 Å². The molecular weight excluding hydrogens is 689 g/mol. The molecule has 0 amide bonds. The van der Waals surface area contributed by atoms with Crippen LogP contribution in [0, 0.1) is 0 Å². The van der Waals surface area contributed by atoms with E-state index in [0.29, 0.717) is 0 Å². The molecule has 0 radical (unpaired) electrons. The molecule has 0 atom stereocenters. The van der Waals surface area contributed by atoms with E-state index in [-0.39, 0.29) is 5.41 Å². The first-order chi connectivity index (χ1) is 28.1. The molecule has 0 spiro atoms. The summed E-state index contributed by atoms with van der Waals surface area (Å²) in [5.41, 5.74) is 20.3. The van der Waals surface area contributed by atoms with E-state index in [2.05, 4.69) is 205 Å². The molecular formula is C55H36N2. The minimum absolute atomic E-state index is 0.245. The van der Waals surface area contributed by atoms with Crippen LogP contribution in [0.2, 0.25) is 0 Å². The highest BCUT2D eigenvalue weighted by atomic mass is 15.0. The Labute approximate surface area is 330 Å². The Balaban J connectivity index is 1.19. The lowest BCUT2D eigenvalue weighted by atomic mass is 9.81. The summed E-state index contributed by atoms with van der Waals surface area (Å²) in [6, 6.07) is 67.8. The standard InChI is InChI=1S/C55H36N2/c1-55(2)45-27-11-8-22-42(45)49-50-43-23-9-12-28-46(43)56(34-17-4-3-5-18-34)53(50)51-44-24-10-13-29-47(44)57(54(51)52(49)55)35-19-14-16-33(32-35)36-30-31-41-38-21-7-6-20-37(38)40-26-15-25-39(36)48(40)41/h3-32H,1-2H3. The van der Waals surface area contributed by atoms with Crippen LogP contribution < -0.4 is 0 Å². The Kier molecular flexibility index (Phi) is 6.00. The second kappa shape index (κ2) is 11.0. The molecule has 266 valence electrons. The summed E-state index contributed by atoms with van der Waals surface area (Å²) in [6.45, 7) is 4.87. The molecule has 2 heterocycles. The molecule has 0 fully saturated rings. The van der Waals surface area contributed by atoms with Crippen molar-refractivity contribution < 1.29 is 0 Å². The summed E-state index contributed by atoms with van der Waals surface area (Å²) < 4.78 is 5.11. The van der Waals surface area contributed by atoms with Crippen LogP contribution in [-0.2, 0) is 5.41 Å². The van der Waals surface area contributed by atoms with E-state index >= 15 is 0 Å². The minimum Gasteiger partial charge on any atom is -0.309 e. The summed E-state index contributed by atoms with van der Waals surface area (Å²) in [5, 5.41) is 7.84. The number of nitrogens with zero attached hydrogens (tertiary/aromatic N) is 2. The molecule has 0 aliphatic heterocycles. The van der Waals surface area contributed by atoms with Gasteiger partial charge in [-0.05, 0) is 103 Å². The van der Waals surface area contributed by atoms with E-state index in [4.69, 9.17) is 0 Å². The maximum Gasteiger partial charge on any atom is 0.0647 e. The van der Waals surface area contributed by atoms with Crippen LogP contribution in [0.15, 0.2) is 182 Å². The fourth-order valence-corrected chi connectivity index (χ4v) is 10.9. The van der Waals surface area contributed by atoms with Crippen molar-refractivity contribution in [3.63, 3.8) is 0 Å². The van der Waals surface area contributed by atoms with Crippen molar-refractivity contribution in [2.75, 3.05) is 0 Å². The average Bonchev–Trinajstić information content (AvgIpc) is 3.96. The summed E-state index contributed by atoms with van der Waals surface area (Å²) >= 11 is 0. The number of fused-ring (bicyclic) bond motifs is 15. The number of para-hydroxylation sites is 3. The largest absolute Gasteiger partial charge is 0.309 e. The molecule has 11 aromatic rings. The molecule has 0 N–H and O–H groups in total. The van der Waals surface area contributed by atoms with Crippen molar-refractivity contribution >= 4 is 54.4 Å². The van der Waals surface area contributed by atoms with Gasteiger partial charge in [-0.25, -0.2) is 0 Å². The zero-order valence-corrected chi connectivity index (χ0v) is 31.7. The van der Waals surface area contributed by atoms with Crippen molar-refractivity contribution in [2.45, 2.75) is 19.3 Å². The lowest BCUT2D eigenvalue weighted by molar-refractivity contribution is 0.664. The van der Waals surface area contributed by atoms with Crippen molar-refractivity contribution in [2.24, 2.45) is 0 Å². The number of hydrogen-bond donors (Lipinski definition) is 0. The monoisotopic (exact) mass is 724 g/mol. The van der Waals surface area contributed by atoms with Crippen molar-refractivity contribution in [1.29, 1.82) is 0 Å². The summed E-state index contributed by atoms with van der Waals surface area (Å²) in [4.78, 5) is 0. The van der Waals surface area contributed by atoms with Gasteiger partial charge in [0.2, 0.25) is 0 Å². The van der Waals surface area contributed by atoms with Gasteiger partial charge >= 0.3 is 0 Å². The van der Waals surface area contributed by atoms with Gasteiger partial charge in [0.25, 0.3) is 0 Å². The van der Waals surface area contributed by atoms with Crippen LogP contribution in [0.25, 0.3) is 110 Å². The highest BCUT2D eigenvalue weighted by molar-refractivity contribution is 6.32. The van der Waals surface area contributed by atoms with Gasteiger partial charge in [0.05, 0.1) is 22.1 Å². The van der Waals surface area contributed by atoms with Gasteiger partial charge in [0.15, 0.2) is 0 Å². The van der Waals surface area contributed by atoms with Crippen LogP contribution in [0.1, 0.15) is 25.0 Å². The lowest BCUT2D eigenvalue weighted by Gasteiger charge is -2.24. The maximum atomic E-state index is 2.59. The number of benzene rings is 9. The van der Waals surface area contributed by atoms with Gasteiger partial charge in [-0.3, -0.25) is 0 Å². The van der Waals surface area contributed by atoms with Crippen LogP contribution in [0.4, 0.5) is 0 Å². The van der Waals surface area contributed by atoms with Crippen LogP contribution >= 0.6 is 0 Å². The van der Waals surface area contributed by atoms with Gasteiger partial charge in [-0.1, -0.05) is 159 Å². The van der Waals surface area contributed by atoms with E-state index < -0.39 is 0 Å². The van der Waals surface area contributed by atoms with Crippen LogP contribution in [-0.4, -0.2) is 9.13 Å². The fourth-order valence-electron chi connectivity index (χ4n) is 10.9. The maximum absolute atomic E-state index is 2.59. The molecule has 13 rings (SSSR count). The Hall–Kier alpha value is -7.16. The van der Waals surface area contributed by atoms with Gasteiger partial charge in [-0.2, -0.15) is 0 Å². The van der Waals surface area contributed by atoms with Gasteiger partial charge in [0.1, 0.15) is 0 Å². The van der Waals surface area contributed by atoms with E-state index in [9.17, 15) is 0 Å². The fraction of sp³-hybridized carbons (Fsp3) is 0.0545. The SMILES string of the molecule is CC1(C)c2ccccc2-c2c1c1c(c3ccccc3n1-c1cccc(-c3ccc4c5c(cccc35)-c3ccccc3-4)c1)c1c2c2ccccc2n1-c1ccccc1. The first-order valence-corrected chi connectivity index (χ1v) is 20.0. The van der Waals surface area contributed by atoms with Gasteiger partial charge in [-0.15, -0.1) is 0 Å². The van der Waals surface area contributed by atoms with Gasteiger partial charge in [0, 0.05) is 38.3 Å².